The fourth-order valence-electron chi connectivity index (χ4n) is 7.35. The average Bonchev–Trinajstić information content (AvgIpc) is 3.21. The number of ether oxygens (including phenoxy) is 4. The van der Waals surface area contributed by atoms with Crippen molar-refractivity contribution in [1.29, 1.82) is 0 Å². The molecule has 11 heteroatoms. The number of hydrogen-bond donors (Lipinski definition) is 4. The molecule has 1 aliphatic rings. The predicted octanol–water partition coefficient (Wildman–Crippen LogP) is 10.4. The molecule has 0 radical (unpaired) electrons. The third-order valence-corrected chi connectivity index (χ3v) is 11.1. The molecule has 340 valence electrons. The molecule has 0 spiro atoms. The average molecular weight is 827 g/mol. The molecule has 11 nitrogen and oxygen atoms in total. The second-order valence-corrected chi connectivity index (χ2v) is 16.6. The molecule has 1 heterocycles. The van der Waals surface area contributed by atoms with Crippen LogP contribution in [0.25, 0.3) is 0 Å². The van der Waals surface area contributed by atoms with Gasteiger partial charge in [0.15, 0.2) is 18.5 Å². The van der Waals surface area contributed by atoms with E-state index < -0.39 is 54.7 Å². The number of hydrogen-bond acceptors (Lipinski definition) is 10. The Morgan fingerprint density at radius 1 is 0.517 bits per heavy atom. The number of esters is 2. The fraction of sp³-hybridized carbons (Fsp3) is 0.894. The van der Waals surface area contributed by atoms with Gasteiger partial charge in [0.1, 0.15) is 24.9 Å². The van der Waals surface area contributed by atoms with E-state index in [-0.39, 0.29) is 26.1 Å². The molecule has 6 atom stereocenters. The molecule has 58 heavy (non-hydrogen) atoms. The molecule has 0 aromatic rings. The third-order valence-electron chi connectivity index (χ3n) is 11.1. The van der Waals surface area contributed by atoms with Crippen LogP contribution in [-0.4, -0.2) is 88.4 Å². The normalized spacial score (nSPS) is 20.1. The van der Waals surface area contributed by atoms with Crippen LogP contribution in [0.4, 0.5) is 0 Å². The van der Waals surface area contributed by atoms with Gasteiger partial charge in [-0.1, -0.05) is 187 Å². The summed E-state index contributed by atoms with van der Waals surface area (Å²) in [5.74, 6) is -2.44. The largest absolute Gasteiger partial charge is 0.479 e. The smallest absolute Gasteiger partial charge is 0.335 e. The van der Waals surface area contributed by atoms with Crippen molar-refractivity contribution in [2.45, 2.75) is 256 Å². The van der Waals surface area contributed by atoms with Crippen molar-refractivity contribution in [3.05, 3.63) is 12.2 Å². The number of carbonyl (C=O) groups is 3. The van der Waals surface area contributed by atoms with Gasteiger partial charge in [0.25, 0.3) is 0 Å². The van der Waals surface area contributed by atoms with E-state index in [9.17, 15) is 34.8 Å². The van der Waals surface area contributed by atoms with Gasteiger partial charge in [-0.2, -0.15) is 0 Å². The summed E-state index contributed by atoms with van der Waals surface area (Å²) in [6.07, 6.45) is 31.4. The second-order valence-electron chi connectivity index (χ2n) is 16.6. The maximum absolute atomic E-state index is 12.8. The number of aliphatic hydroxyl groups is 3. The number of aliphatic carboxylic acids is 1. The van der Waals surface area contributed by atoms with Gasteiger partial charge >= 0.3 is 17.9 Å². The van der Waals surface area contributed by atoms with Gasteiger partial charge in [-0.3, -0.25) is 9.59 Å². The van der Waals surface area contributed by atoms with Gasteiger partial charge in [0.05, 0.1) is 6.61 Å². The van der Waals surface area contributed by atoms with Crippen molar-refractivity contribution >= 4 is 17.9 Å². The quantitative estimate of drug-likeness (QED) is 0.0263. The van der Waals surface area contributed by atoms with E-state index in [4.69, 9.17) is 18.9 Å². The first-order valence-electron chi connectivity index (χ1n) is 23.7. The lowest BCUT2D eigenvalue weighted by Crippen LogP contribution is -2.60. The number of allylic oxidation sites excluding steroid dienone is 2. The Kier molecular flexibility index (Phi) is 35.3. The van der Waals surface area contributed by atoms with Crippen molar-refractivity contribution in [2.75, 3.05) is 13.2 Å². The summed E-state index contributed by atoms with van der Waals surface area (Å²) >= 11 is 0. The van der Waals surface area contributed by atoms with Crippen LogP contribution in [0.2, 0.25) is 0 Å². The van der Waals surface area contributed by atoms with Crippen LogP contribution < -0.4 is 0 Å². The van der Waals surface area contributed by atoms with Gasteiger partial charge in [0, 0.05) is 12.8 Å². The Bertz CT molecular complexity index is 1020. The Morgan fingerprint density at radius 2 is 0.948 bits per heavy atom. The number of rotatable bonds is 40. The molecule has 1 aliphatic heterocycles. The highest BCUT2D eigenvalue weighted by atomic mass is 16.7. The van der Waals surface area contributed by atoms with Crippen LogP contribution in [0.15, 0.2) is 12.2 Å². The Morgan fingerprint density at radius 3 is 1.41 bits per heavy atom. The molecular formula is C47H86O11. The van der Waals surface area contributed by atoms with E-state index >= 15 is 0 Å². The van der Waals surface area contributed by atoms with Gasteiger partial charge in [-0.15, -0.1) is 0 Å². The topological polar surface area (TPSA) is 169 Å². The maximum atomic E-state index is 12.8. The summed E-state index contributed by atoms with van der Waals surface area (Å²) in [4.78, 5) is 36.8. The minimum Gasteiger partial charge on any atom is -0.479 e. The highest BCUT2D eigenvalue weighted by Crippen LogP contribution is 2.23. The molecule has 1 saturated heterocycles. The van der Waals surface area contributed by atoms with Gasteiger partial charge in [0.2, 0.25) is 0 Å². The molecule has 0 bridgehead atoms. The Labute approximate surface area is 352 Å². The van der Waals surface area contributed by atoms with E-state index in [0.29, 0.717) is 12.8 Å². The van der Waals surface area contributed by atoms with Crippen LogP contribution in [0.3, 0.4) is 0 Å². The lowest BCUT2D eigenvalue weighted by atomic mass is 9.99. The molecule has 6 unspecified atom stereocenters. The van der Waals surface area contributed by atoms with Crippen molar-refractivity contribution in [2.24, 2.45) is 0 Å². The minimum absolute atomic E-state index is 0.187. The van der Waals surface area contributed by atoms with Gasteiger partial charge in [-0.25, -0.2) is 4.79 Å². The van der Waals surface area contributed by atoms with Crippen LogP contribution in [0.1, 0.15) is 219 Å². The van der Waals surface area contributed by atoms with Crippen LogP contribution >= 0.6 is 0 Å². The molecule has 0 aromatic carbocycles. The van der Waals surface area contributed by atoms with Crippen LogP contribution in [0.5, 0.6) is 0 Å². The standard InChI is InChI=1S/C47H86O11/c1-3-5-7-9-11-13-15-16-17-18-19-20-21-22-23-24-25-26-28-30-32-34-36-41(49)57-39(38-56-47-44(52)42(50)43(51)45(58-47)46(53)54)37-55-40(48)35-33-31-29-27-14-12-10-8-6-4-2/h8,10,39,42-45,47,50-52H,3-7,9,11-38H2,1-2H3,(H,53,54)/b10-8-. The van der Waals surface area contributed by atoms with E-state index in [1.807, 2.05) is 0 Å². The zero-order valence-corrected chi connectivity index (χ0v) is 36.8. The fourth-order valence-corrected chi connectivity index (χ4v) is 7.35. The van der Waals surface area contributed by atoms with Crippen molar-refractivity contribution in [1.82, 2.24) is 0 Å². The summed E-state index contributed by atoms with van der Waals surface area (Å²) in [5.41, 5.74) is 0. The first-order valence-corrected chi connectivity index (χ1v) is 23.7. The number of unbranched alkanes of at least 4 members (excludes halogenated alkanes) is 27. The first-order chi connectivity index (χ1) is 28.2. The molecule has 1 fully saturated rings. The molecule has 0 saturated carbocycles. The van der Waals surface area contributed by atoms with Crippen molar-refractivity contribution < 1.29 is 53.8 Å². The van der Waals surface area contributed by atoms with E-state index in [1.54, 1.807) is 0 Å². The minimum atomic E-state index is -1.86. The highest BCUT2D eigenvalue weighted by molar-refractivity contribution is 5.73. The third kappa shape index (κ3) is 29.2. The van der Waals surface area contributed by atoms with Crippen molar-refractivity contribution in [3.8, 4) is 0 Å². The van der Waals surface area contributed by atoms with Crippen molar-refractivity contribution in [3.63, 3.8) is 0 Å². The Hall–Kier alpha value is -2.05. The Balaban J connectivity index is 2.27. The zero-order chi connectivity index (χ0) is 42.5. The number of aliphatic hydroxyl groups excluding tert-OH is 3. The van der Waals surface area contributed by atoms with Crippen LogP contribution in [0, 0.1) is 0 Å². The van der Waals surface area contributed by atoms with E-state index in [2.05, 4.69) is 26.0 Å². The maximum Gasteiger partial charge on any atom is 0.335 e. The van der Waals surface area contributed by atoms with Gasteiger partial charge < -0.3 is 39.4 Å². The first kappa shape index (κ1) is 54.0. The molecule has 0 aliphatic carbocycles. The molecule has 0 amide bonds. The zero-order valence-electron chi connectivity index (χ0n) is 36.8. The lowest BCUT2D eigenvalue weighted by Gasteiger charge is -2.38. The number of carboxylic acids is 1. The molecular weight excluding hydrogens is 741 g/mol. The molecule has 4 N–H and O–H groups in total. The predicted molar refractivity (Wildman–Crippen MR) is 229 cm³/mol. The SMILES string of the molecule is CCC/C=C\CCCCCCCC(=O)OCC(COC1OC(C(=O)O)C(O)C(O)C1O)OC(=O)CCCCCCCCCCCCCCCCCCCCCCCC. The summed E-state index contributed by atoms with van der Waals surface area (Å²) < 4.78 is 21.7. The lowest BCUT2D eigenvalue weighted by molar-refractivity contribution is -0.298. The van der Waals surface area contributed by atoms with Crippen LogP contribution in [-0.2, 0) is 33.3 Å². The highest BCUT2D eigenvalue weighted by Gasteiger charge is 2.47. The number of carbonyl (C=O) groups excluding carboxylic acids is 2. The monoisotopic (exact) mass is 827 g/mol. The summed E-state index contributed by atoms with van der Waals surface area (Å²) in [7, 11) is 0. The van der Waals surface area contributed by atoms with Gasteiger partial charge in [-0.05, 0) is 32.1 Å². The molecule has 1 rings (SSSR count). The van der Waals surface area contributed by atoms with E-state index in [0.717, 1.165) is 64.2 Å². The summed E-state index contributed by atoms with van der Waals surface area (Å²) in [6, 6.07) is 0. The number of carboxylic acid groups (broad SMARTS) is 1. The summed E-state index contributed by atoms with van der Waals surface area (Å²) in [5, 5.41) is 39.8. The molecule has 0 aromatic heterocycles. The second kappa shape index (κ2) is 37.9. The summed E-state index contributed by atoms with van der Waals surface area (Å²) in [6.45, 7) is 3.76. The van der Waals surface area contributed by atoms with E-state index in [1.165, 1.54) is 116 Å².